The van der Waals surface area contributed by atoms with Crippen molar-refractivity contribution in [2.75, 3.05) is 5.73 Å². The van der Waals surface area contributed by atoms with Gasteiger partial charge in [-0.2, -0.15) is 0 Å². The molecule has 3 aromatic rings. The van der Waals surface area contributed by atoms with Crippen LogP contribution in [0, 0.1) is 0 Å². The number of aliphatic hydroxyl groups excluding tert-OH is 2. The minimum atomic E-state index is -1.76. The Bertz CT molecular complexity index is 1290. The molecule has 192 valence electrons. The van der Waals surface area contributed by atoms with E-state index >= 15 is 0 Å². The smallest absolute Gasteiger partial charge is 0.328 e. The largest absolute Gasteiger partial charge is 0.478 e. The predicted molar refractivity (Wildman–Crippen MR) is 131 cm³/mol. The third-order valence-corrected chi connectivity index (χ3v) is 6.32. The van der Waals surface area contributed by atoms with E-state index in [-0.39, 0.29) is 16.6 Å². The molecule has 0 unspecified atom stereocenters. The number of nitrogens with zero attached hydrogens (tertiary/aromatic N) is 3. The van der Waals surface area contributed by atoms with Crippen LogP contribution >= 0.6 is 23.2 Å². The summed E-state index contributed by atoms with van der Waals surface area (Å²) in [6, 6.07) is 6.31. The standard InChI is InChI=1S/C18H18Cl2N4O4.C5H6O3/c1-18(27)13(26)17(24-5-4-9-15(21)22-7-23-16(9)24)28-14(18)12(25)8-2-3-10(19)11(20)6-8;1-4(6)2-3-5(7)8/h2-7,12-14,17,25-27H,1H3,(H2,21,22,23);2-3H,1H3,(H,7,8)/b;3-2-/t12-,13+,14-,17-,18+;/m1./s1. The van der Waals surface area contributed by atoms with E-state index in [2.05, 4.69) is 9.97 Å². The van der Waals surface area contributed by atoms with Crippen molar-refractivity contribution in [1.82, 2.24) is 14.5 Å². The summed E-state index contributed by atoms with van der Waals surface area (Å²) in [6.07, 6.45) is 0.00626. The van der Waals surface area contributed by atoms with Crippen molar-refractivity contribution in [3.63, 3.8) is 0 Å². The van der Waals surface area contributed by atoms with E-state index in [1.54, 1.807) is 29.0 Å². The minimum absolute atomic E-state index is 0.257. The van der Waals surface area contributed by atoms with Crippen LogP contribution in [-0.2, 0) is 14.3 Å². The minimum Gasteiger partial charge on any atom is -0.478 e. The molecule has 4 rings (SSSR count). The van der Waals surface area contributed by atoms with Crippen LogP contribution < -0.4 is 5.73 Å². The first-order chi connectivity index (χ1) is 16.8. The molecular formula is C23H24Cl2N4O7. The fourth-order valence-electron chi connectivity index (χ4n) is 3.69. The van der Waals surface area contributed by atoms with Crippen molar-refractivity contribution in [3.8, 4) is 0 Å². The van der Waals surface area contributed by atoms with E-state index in [1.807, 2.05) is 0 Å². The maximum absolute atomic E-state index is 10.9. The Morgan fingerprint density at radius 3 is 2.50 bits per heavy atom. The van der Waals surface area contributed by atoms with Crippen molar-refractivity contribution in [3.05, 3.63) is 64.6 Å². The van der Waals surface area contributed by atoms with Gasteiger partial charge in [0.15, 0.2) is 12.0 Å². The van der Waals surface area contributed by atoms with E-state index in [4.69, 9.17) is 38.8 Å². The molecule has 0 amide bonds. The number of allylic oxidation sites excluding steroid dienone is 1. The summed E-state index contributed by atoms with van der Waals surface area (Å²) in [7, 11) is 0. The maximum Gasteiger partial charge on any atom is 0.328 e. The van der Waals surface area contributed by atoms with Crippen molar-refractivity contribution in [2.24, 2.45) is 0 Å². The number of hydrogen-bond acceptors (Lipinski definition) is 9. The number of aromatic nitrogens is 3. The molecule has 2 aromatic heterocycles. The lowest BCUT2D eigenvalue weighted by Gasteiger charge is -2.29. The van der Waals surface area contributed by atoms with Crippen molar-refractivity contribution < 1.29 is 34.8 Å². The molecule has 1 aromatic carbocycles. The summed E-state index contributed by atoms with van der Waals surface area (Å²) in [6.45, 7) is 2.69. The maximum atomic E-state index is 10.9. The molecule has 1 aliphatic rings. The first kappa shape index (κ1) is 27.5. The van der Waals surface area contributed by atoms with Gasteiger partial charge in [-0.3, -0.25) is 4.79 Å². The molecular weight excluding hydrogens is 515 g/mol. The third-order valence-electron chi connectivity index (χ3n) is 5.58. The SMILES string of the molecule is CC(=O)/C=C\C(=O)O.C[C@@]1(O)[C@@H]([C@H](O)c2ccc(Cl)c(Cl)c2)O[C@@H](n2ccc3c(N)ncnc32)[C@@H]1O. The van der Waals surface area contributed by atoms with Crippen LogP contribution in [0.5, 0.6) is 0 Å². The lowest BCUT2D eigenvalue weighted by molar-refractivity contribution is -0.131. The number of ether oxygens (including phenoxy) is 1. The topological polar surface area (TPSA) is 181 Å². The number of ketones is 1. The van der Waals surface area contributed by atoms with Gasteiger partial charge in [-0.05, 0) is 43.7 Å². The average molecular weight is 539 g/mol. The van der Waals surface area contributed by atoms with Crippen LogP contribution in [0.4, 0.5) is 5.82 Å². The third kappa shape index (κ3) is 5.67. The summed E-state index contributed by atoms with van der Waals surface area (Å²) in [5.41, 5.74) is 4.94. The number of aliphatic carboxylic acids is 1. The zero-order chi connectivity index (χ0) is 26.8. The highest BCUT2D eigenvalue weighted by molar-refractivity contribution is 6.42. The van der Waals surface area contributed by atoms with Gasteiger partial charge >= 0.3 is 5.97 Å². The Morgan fingerprint density at radius 1 is 1.22 bits per heavy atom. The molecule has 13 heteroatoms. The Morgan fingerprint density at radius 2 is 1.92 bits per heavy atom. The van der Waals surface area contributed by atoms with Gasteiger partial charge in [0, 0.05) is 12.3 Å². The Kier molecular flexibility index (Phi) is 8.34. The highest BCUT2D eigenvalue weighted by atomic mass is 35.5. The molecule has 6 N–H and O–H groups in total. The molecule has 11 nitrogen and oxygen atoms in total. The molecule has 5 atom stereocenters. The molecule has 0 saturated carbocycles. The molecule has 0 aliphatic carbocycles. The number of nitrogens with two attached hydrogens (primary N) is 1. The first-order valence-electron chi connectivity index (χ1n) is 10.5. The number of rotatable bonds is 5. The second-order valence-electron chi connectivity index (χ2n) is 8.24. The van der Waals surface area contributed by atoms with Gasteiger partial charge in [-0.15, -0.1) is 0 Å². The van der Waals surface area contributed by atoms with Gasteiger partial charge in [-0.1, -0.05) is 29.3 Å². The monoisotopic (exact) mass is 538 g/mol. The number of anilines is 1. The van der Waals surface area contributed by atoms with Crippen molar-refractivity contribution in [2.45, 2.75) is 44.0 Å². The number of carbonyl (C=O) groups excluding carboxylic acids is 1. The highest BCUT2D eigenvalue weighted by Gasteiger charge is 2.55. The van der Waals surface area contributed by atoms with Crippen LogP contribution in [0.1, 0.15) is 31.7 Å². The van der Waals surface area contributed by atoms with Gasteiger partial charge in [0.1, 0.15) is 41.7 Å². The van der Waals surface area contributed by atoms with Gasteiger partial charge < -0.3 is 35.5 Å². The number of carbonyl (C=O) groups is 2. The van der Waals surface area contributed by atoms with Crippen molar-refractivity contribution in [1.29, 1.82) is 0 Å². The van der Waals surface area contributed by atoms with Crippen LogP contribution in [0.15, 0.2) is 48.9 Å². The molecule has 0 radical (unpaired) electrons. The van der Waals surface area contributed by atoms with Gasteiger partial charge in [-0.25, -0.2) is 14.8 Å². The molecule has 0 spiro atoms. The Labute approximate surface area is 215 Å². The number of fused-ring (bicyclic) bond motifs is 1. The van der Waals surface area contributed by atoms with Gasteiger partial charge in [0.2, 0.25) is 0 Å². The summed E-state index contributed by atoms with van der Waals surface area (Å²) in [5.74, 6) is -1.07. The van der Waals surface area contributed by atoms with Crippen LogP contribution in [0.3, 0.4) is 0 Å². The predicted octanol–water partition coefficient (Wildman–Crippen LogP) is 2.28. The molecule has 3 heterocycles. The highest BCUT2D eigenvalue weighted by Crippen LogP contribution is 2.44. The second-order valence-corrected chi connectivity index (χ2v) is 9.05. The fourth-order valence-corrected chi connectivity index (χ4v) is 3.99. The first-order valence-corrected chi connectivity index (χ1v) is 11.3. The van der Waals surface area contributed by atoms with Crippen LogP contribution in [-0.4, -0.2) is 64.5 Å². The van der Waals surface area contributed by atoms with E-state index < -0.39 is 36.1 Å². The molecule has 36 heavy (non-hydrogen) atoms. The summed E-state index contributed by atoms with van der Waals surface area (Å²) in [5, 5.41) is 41.6. The summed E-state index contributed by atoms with van der Waals surface area (Å²) < 4.78 is 7.45. The lowest BCUT2D eigenvalue weighted by Crippen LogP contribution is -2.47. The molecule has 0 bridgehead atoms. The van der Waals surface area contributed by atoms with Crippen molar-refractivity contribution >= 4 is 51.8 Å². The number of carboxylic acids is 1. The number of aliphatic hydroxyl groups is 3. The zero-order valence-corrected chi connectivity index (χ0v) is 20.6. The van der Waals surface area contributed by atoms with E-state index in [9.17, 15) is 24.9 Å². The fraction of sp³-hybridized carbons (Fsp3) is 0.304. The number of halogens is 2. The molecule has 1 aliphatic heterocycles. The number of carboxylic acid groups (broad SMARTS) is 1. The quantitative estimate of drug-likeness (QED) is 0.302. The van der Waals surface area contributed by atoms with E-state index in [0.29, 0.717) is 21.6 Å². The number of benzene rings is 1. The normalized spacial score (nSPS) is 24.5. The second kappa shape index (κ2) is 10.9. The van der Waals surface area contributed by atoms with Crippen LogP contribution in [0.2, 0.25) is 10.0 Å². The van der Waals surface area contributed by atoms with Crippen LogP contribution in [0.25, 0.3) is 11.0 Å². The average Bonchev–Trinajstić information content (AvgIpc) is 3.34. The van der Waals surface area contributed by atoms with Gasteiger partial charge in [0.05, 0.1) is 15.4 Å². The van der Waals surface area contributed by atoms with Gasteiger partial charge in [0.25, 0.3) is 0 Å². The number of hydrogen-bond donors (Lipinski definition) is 5. The molecule has 1 fully saturated rings. The summed E-state index contributed by atoms with van der Waals surface area (Å²) in [4.78, 5) is 27.8. The van der Waals surface area contributed by atoms with E-state index in [0.717, 1.165) is 12.2 Å². The zero-order valence-electron chi connectivity index (χ0n) is 19.1. The number of nitrogen functional groups attached to an aromatic ring is 1. The Balaban J connectivity index is 0.000000392. The Hall–Kier alpha value is -3.06. The summed E-state index contributed by atoms with van der Waals surface area (Å²) >= 11 is 12.0. The molecule has 1 saturated heterocycles. The van der Waals surface area contributed by atoms with E-state index in [1.165, 1.54) is 26.2 Å². The lowest BCUT2D eigenvalue weighted by atomic mass is 9.88.